The largest absolute Gasteiger partial charge is 0.353 e. The van der Waals surface area contributed by atoms with Crippen molar-refractivity contribution in [2.24, 2.45) is 9.98 Å². The highest BCUT2D eigenvalue weighted by atomic mass is 16.2. The van der Waals surface area contributed by atoms with Gasteiger partial charge in [0.25, 0.3) is 5.91 Å². The lowest BCUT2D eigenvalue weighted by molar-refractivity contribution is -0.116. The highest BCUT2D eigenvalue weighted by Gasteiger charge is 2.10. The smallest absolute Gasteiger partial charge is 0.297 e. The number of aliphatic imine (C=N–C) groups is 2. The third kappa shape index (κ3) is 4.16. The van der Waals surface area contributed by atoms with E-state index >= 15 is 0 Å². The van der Waals surface area contributed by atoms with Crippen LogP contribution in [0.25, 0.3) is 0 Å². The molecular weight excluding hydrogens is 206 g/mol. The Morgan fingerprint density at radius 3 is 2.94 bits per heavy atom. The molecule has 1 aliphatic rings. The van der Waals surface area contributed by atoms with Crippen LogP contribution in [-0.4, -0.2) is 30.4 Å². The molecule has 16 heavy (non-hydrogen) atoms. The molecule has 0 aromatic carbocycles. The number of carbonyl (C=O) groups is 2. The van der Waals surface area contributed by atoms with Gasteiger partial charge in [-0.2, -0.15) is 4.99 Å². The normalized spacial score (nSPS) is 14.6. The van der Waals surface area contributed by atoms with Crippen LogP contribution in [0.4, 0.5) is 0 Å². The van der Waals surface area contributed by atoms with Gasteiger partial charge in [0.05, 0.1) is 0 Å². The molecule has 0 aromatic heterocycles. The molecule has 86 valence electrons. The Labute approximate surface area is 94.4 Å². The highest BCUT2D eigenvalue weighted by molar-refractivity contribution is 6.48. The van der Waals surface area contributed by atoms with E-state index in [0.29, 0.717) is 6.54 Å². The number of amides is 2. The first-order valence-corrected chi connectivity index (χ1v) is 5.34. The van der Waals surface area contributed by atoms with Crippen molar-refractivity contribution in [1.82, 2.24) is 5.32 Å². The van der Waals surface area contributed by atoms with Crippen LogP contribution in [0.15, 0.2) is 22.1 Å². The van der Waals surface area contributed by atoms with Crippen molar-refractivity contribution in [3.63, 3.8) is 0 Å². The molecule has 0 radical (unpaired) electrons. The molecule has 1 heterocycles. The van der Waals surface area contributed by atoms with Crippen LogP contribution in [0.2, 0.25) is 0 Å². The van der Waals surface area contributed by atoms with Crippen LogP contribution < -0.4 is 5.32 Å². The van der Waals surface area contributed by atoms with E-state index in [1.807, 2.05) is 0 Å². The van der Waals surface area contributed by atoms with Crippen molar-refractivity contribution < 1.29 is 9.59 Å². The van der Waals surface area contributed by atoms with Gasteiger partial charge in [-0.1, -0.05) is 19.8 Å². The summed E-state index contributed by atoms with van der Waals surface area (Å²) in [5.74, 6) is -0.617. The summed E-state index contributed by atoms with van der Waals surface area (Å²) in [6, 6.07) is 0. The Hall–Kier alpha value is -1.78. The van der Waals surface area contributed by atoms with Gasteiger partial charge in [-0.3, -0.25) is 9.59 Å². The first-order valence-electron chi connectivity index (χ1n) is 5.34. The summed E-state index contributed by atoms with van der Waals surface area (Å²) in [5.41, 5.74) is 0.198. The van der Waals surface area contributed by atoms with Gasteiger partial charge in [-0.05, 0) is 12.5 Å². The van der Waals surface area contributed by atoms with Crippen molar-refractivity contribution in [1.29, 1.82) is 0 Å². The highest BCUT2D eigenvalue weighted by Crippen LogP contribution is 1.94. The molecule has 0 saturated carbocycles. The fraction of sp³-hybridized carbons (Fsp3) is 0.455. The number of carbonyl (C=O) groups excluding carboxylic acids is 2. The molecule has 5 nitrogen and oxygen atoms in total. The predicted molar refractivity (Wildman–Crippen MR) is 62.6 cm³/mol. The van der Waals surface area contributed by atoms with Crippen molar-refractivity contribution in [3.8, 4) is 0 Å². The topological polar surface area (TPSA) is 70.9 Å². The second-order valence-electron chi connectivity index (χ2n) is 3.40. The maximum Gasteiger partial charge on any atom is 0.297 e. The van der Waals surface area contributed by atoms with Crippen molar-refractivity contribution in [2.75, 3.05) is 6.54 Å². The molecular formula is C11H15N3O2. The van der Waals surface area contributed by atoms with Crippen LogP contribution in [0.1, 0.15) is 26.2 Å². The lowest BCUT2D eigenvalue weighted by Gasteiger charge is -1.99. The first kappa shape index (κ1) is 12.3. The zero-order valence-electron chi connectivity index (χ0n) is 9.27. The van der Waals surface area contributed by atoms with Crippen LogP contribution in [0.3, 0.4) is 0 Å². The maximum atomic E-state index is 11.3. The molecule has 0 fully saturated rings. The summed E-state index contributed by atoms with van der Waals surface area (Å²) in [5, 5.41) is 2.72. The zero-order chi connectivity index (χ0) is 11.8. The quantitative estimate of drug-likeness (QED) is 0.533. The van der Waals surface area contributed by atoms with Gasteiger partial charge in [0, 0.05) is 12.6 Å². The zero-order valence-corrected chi connectivity index (χ0v) is 9.27. The molecule has 0 bridgehead atoms. The van der Waals surface area contributed by atoms with Crippen LogP contribution >= 0.6 is 0 Å². The van der Waals surface area contributed by atoms with Gasteiger partial charge >= 0.3 is 0 Å². The molecule has 1 N–H and O–H groups in total. The second-order valence-corrected chi connectivity index (χ2v) is 3.40. The maximum absolute atomic E-state index is 11.3. The standard InChI is InChI=1S/C11H15N3O2/c1-2-3-4-7-12-10(15)6-5-9-11(16)14-8-13-9/h5-6,8H,2-4,7H2,1H3,(H,12,15). The molecule has 0 spiro atoms. The third-order valence-electron chi connectivity index (χ3n) is 2.06. The minimum absolute atomic E-state index is 0.198. The summed E-state index contributed by atoms with van der Waals surface area (Å²) >= 11 is 0. The van der Waals surface area contributed by atoms with Gasteiger partial charge in [0.1, 0.15) is 12.1 Å². The Kier molecular flexibility index (Phi) is 5.11. The van der Waals surface area contributed by atoms with Gasteiger partial charge in [0.2, 0.25) is 5.91 Å². The molecule has 2 amide bonds. The van der Waals surface area contributed by atoms with Gasteiger partial charge in [-0.15, -0.1) is 0 Å². The van der Waals surface area contributed by atoms with E-state index in [4.69, 9.17) is 0 Å². The monoisotopic (exact) mass is 221 g/mol. The van der Waals surface area contributed by atoms with Crippen LogP contribution in [-0.2, 0) is 9.59 Å². The number of hydrogen-bond donors (Lipinski definition) is 1. The average molecular weight is 221 g/mol. The first-order chi connectivity index (χ1) is 7.74. The Bertz CT molecular complexity index is 356. The van der Waals surface area contributed by atoms with Gasteiger partial charge in [0.15, 0.2) is 0 Å². The van der Waals surface area contributed by atoms with E-state index < -0.39 is 5.91 Å². The molecule has 0 saturated heterocycles. The van der Waals surface area contributed by atoms with Crippen LogP contribution in [0, 0.1) is 0 Å². The van der Waals surface area contributed by atoms with E-state index in [1.165, 1.54) is 18.5 Å². The summed E-state index contributed by atoms with van der Waals surface area (Å²) < 4.78 is 0. The molecule has 1 rings (SSSR count). The molecule has 0 aliphatic carbocycles. The fourth-order valence-corrected chi connectivity index (χ4v) is 1.18. The summed E-state index contributed by atoms with van der Waals surface area (Å²) in [7, 11) is 0. The van der Waals surface area contributed by atoms with E-state index in [9.17, 15) is 9.59 Å². The minimum Gasteiger partial charge on any atom is -0.353 e. The third-order valence-corrected chi connectivity index (χ3v) is 2.06. The number of unbranched alkanes of at least 4 members (excludes halogenated alkanes) is 2. The Morgan fingerprint density at radius 2 is 2.31 bits per heavy atom. The van der Waals surface area contributed by atoms with E-state index in [0.717, 1.165) is 19.3 Å². The molecule has 1 aliphatic heterocycles. The van der Waals surface area contributed by atoms with Gasteiger partial charge < -0.3 is 5.32 Å². The van der Waals surface area contributed by atoms with E-state index in [-0.39, 0.29) is 11.6 Å². The lowest BCUT2D eigenvalue weighted by Crippen LogP contribution is -2.22. The van der Waals surface area contributed by atoms with Crippen LogP contribution in [0.5, 0.6) is 0 Å². The van der Waals surface area contributed by atoms with Crippen molar-refractivity contribution >= 4 is 23.9 Å². The number of nitrogens with one attached hydrogen (secondary N) is 1. The average Bonchev–Trinajstić information content (AvgIpc) is 2.67. The second kappa shape index (κ2) is 6.66. The van der Waals surface area contributed by atoms with Crippen molar-refractivity contribution in [2.45, 2.75) is 26.2 Å². The number of nitrogens with zero attached hydrogens (tertiary/aromatic N) is 2. The SMILES string of the molecule is CCCCCNC(=O)C=CC1=NC=NC1=O. The fourth-order valence-electron chi connectivity index (χ4n) is 1.18. The molecule has 5 heteroatoms. The summed E-state index contributed by atoms with van der Waals surface area (Å²) in [4.78, 5) is 29.4. The molecule has 0 atom stereocenters. The summed E-state index contributed by atoms with van der Waals surface area (Å²) in [6.45, 7) is 2.76. The van der Waals surface area contributed by atoms with Crippen molar-refractivity contribution in [3.05, 3.63) is 12.2 Å². The predicted octanol–water partition coefficient (Wildman–Crippen LogP) is 0.858. The number of rotatable bonds is 6. The Morgan fingerprint density at radius 1 is 1.50 bits per heavy atom. The molecule has 0 aromatic rings. The number of hydrogen-bond acceptors (Lipinski definition) is 3. The Balaban J connectivity index is 2.24. The van der Waals surface area contributed by atoms with E-state index in [2.05, 4.69) is 22.2 Å². The minimum atomic E-state index is -0.407. The van der Waals surface area contributed by atoms with Gasteiger partial charge in [-0.25, -0.2) is 4.99 Å². The van der Waals surface area contributed by atoms with E-state index in [1.54, 1.807) is 0 Å². The molecule has 0 unspecified atom stereocenters. The summed E-state index contributed by atoms with van der Waals surface area (Å²) in [6.07, 6.45) is 7.06. The lowest BCUT2D eigenvalue weighted by atomic mass is 10.2.